The maximum Gasteiger partial charge on any atom is 0.356 e. The zero-order valence-electron chi connectivity index (χ0n) is 17.5. The van der Waals surface area contributed by atoms with E-state index >= 15 is 0 Å². The summed E-state index contributed by atoms with van der Waals surface area (Å²) in [6.07, 6.45) is 0.972. The number of rotatable bonds is 13. The van der Waals surface area contributed by atoms with Gasteiger partial charge in [0.15, 0.2) is 17.0 Å². The highest BCUT2D eigenvalue weighted by atomic mass is 31.2. The Morgan fingerprint density at radius 3 is 2.41 bits per heavy atom. The minimum atomic E-state index is -3.34. The van der Waals surface area contributed by atoms with E-state index in [4.69, 9.17) is 29.0 Å². The summed E-state index contributed by atoms with van der Waals surface area (Å²) in [7, 11) is -1.76. The third-order valence-electron chi connectivity index (χ3n) is 3.46. The van der Waals surface area contributed by atoms with E-state index in [0.29, 0.717) is 30.9 Å². The summed E-state index contributed by atoms with van der Waals surface area (Å²) in [4.78, 5) is 12.7. The van der Waals surface area contributed by atoms with Gasteiger partial charge in [-0.05, 0) is 27.7 Å². The summed E-state index contributed by atoms with van der Waals surface area (Å²) in [6, 6.07) is 0.148. The molecular formula is C17H30N5O6P. The van der Waals surface area contributed by atoms with Crippen molar-refractivity contribution in [2.45, 2.75) is 46.4 Å². The van der Waals surface area contributed by atoms with Crippen molar-refractivity contribution >= 4 is 24.6 Å². The van der Waals surface area contributed by atoms with Gasteiger partial charge in [-0.1, -0.05) is 0 Å². The maximum absolute atomic E-state index is 12.8. The van der Waals surface area contributed by atoms with E-state index in [1.54, 1.807) is 45.7 Å². The number of methoxy groups -OCH3 is 1. The van der Waals surface area contributed by atoms with Gasteiger partial charge in [0.25, 0.3) is 0 Å². The summed E-state index contributed by atoms with van der Waals surface area (Å²) in [5, 5.41) is 0. The summed E-state index contributed by atoms with van der Waals surface area (Å²) in [6.45, 7) is 8.56. The predicted octanol–water partition coefficient (Wildman–Crippen LogP) is 2.45. The molecule has 0 unspecified atom stereocenters. The smallest absolute Gasteiger partial charge is 0.356 e. The molecule has 0 bridgehead atoms. The number of aromatic nitrogens is 4. The van der Waals surface area contributed by atoms with Gasteiger partial charge >= 0.3 is 13.6 Å². The monoisotopic (exact) mass is 431 g/mol. The lowest BCUT2D eigenvalue weighted by molar-refractivity contribution is 0.0961. The number of nitrogens with two attached hydrogens (primary N) is 1. The van der Waals surface area contributed by atoms with Crippen molar-refractivity contribution in [1.82, 2.24) is 19.5 Å². The lowest BCUT2D eigenvalue weighted by Crippen LogP contribution is -2.14. The molecule has 29 heavy (non-hydrogen) atoms. The second-order valence-electron chi connectivity index (χ2n) is 6.80. The molecule has 0 radical (unpaired) electrons. The van der Waals surface area contributed by atoms with Crippen molar-refractivity contribution in [2.24, 2.45) is 0 Å². The Kier molecular flexibility index (Phi) is 8.79. The summed E-state index contributed by atoms with van der Waals surface area (Å²) in [5.74, 6) is 0.224. The molecule has 2 aromatic rings. The summed E-state index contributed by atoms with van der Waals surface area (Å²) in [5.41, 5.74) is 6.93. The standard InChI is InChI=1S/C17H30N5O6P/c1-12(2)27-29(23,28-13(3)4)11-25-7-6-22-10-19-14-15(18)20-17(21-16(14)22)26-9-8-24-5/h10,12-13H,6-9,11H2,1-5H3,(H2,18,20,21). The van der Waals surface area contributed by atoms with Gasteiger partial charge in [0, 0.05) is 13.7 Å². The van der Waals surface area contributed by atoms with Crippen molar-refractivity contribution in [2.75, 3.05) is 39.0 Å². The highest BCUT2D eigenvalue weighted by Gasteiger charge is 2.28. The highest BCUT2D eigenvalue weighted by molar-refractivity contribution is 7.53. The minimum absolute atomic E-state index is 0.140. The minimum Gasteiger partial charge on any atom is -0.461 e. The molecule has 2 rings (SSSR count). The normalized spacial score (nSPS) is 12.4. The first-order chi connectivity index (χ1) is 13.7. The molecule has 11 nitrogen and oxygen atoms in total. The Labute approximate surface area is 170 Å². The van der Waals surface area contributed by atoms with Crippen LogP contribution in [-0.4, -0.2) is 65.0 Å². The van der Waals surface area contributed by atoms with Crippen molar-refractivity contribution in [1.29, 1.82) is 0 Å². The van der Waals surface area contributed by atoms with Crippen LogP contribution < -0.4 is 10.5 Å². The molecule has 0 saturated heterocycles. The average molecular weight is 431 g/mol. The molecule has 2 N–H and O–H groups in total. The van der Waals surface area contributed by atoms with E-state index in [0.717, 1.165) is 0 Å². The quantitative estimate of drug-likeness (QED) is 0.372. The highest BCUT2D eigenvalue weighted by Crippen LogP contribution is 2.50. The Morgan fingerprint density at radius 2 is 1.79 bits per heavy atom. The number of nitrogen functional groups attached to an aromatic ring is 1. The first-order valence-corrected chi connectivity index (χ1v) is 11.1. The number of anilines is 1. The lowest BCUT2D eigenvalue weighted by Gasteiger charge is -2.22. The number of hydrogen-bond donors (Lipinski definition) is 1. The summed E-state index contributed by atoms with van der Waals surface area (Å²) >= 11 is 0. The van der Waals surface area contributed by atoms with E-state index in [9.17, 15) is 4.57 Å². The second-order valence-corrected chi connectivity index (χ2v) is 8.70. The largest absolute Gasteiger partial charge is 0.461 e. The molecule has 0 aliphatic carbocycles. The van der Waals surface area contributed by atoms with Crippen LogP contribution in [0.4, 0.5) is 5.82 Å². The molecule has 164 valence electrons. The van der Waals surface area contributed by atoms with Gasteiger partial charge in [0.2, 0.25) is 0 Å². The third kappa shape index (κ3) is 7.20. The van der Waals surface area contributed by atoms with E-state index < -0.39 is 7.60 Å². The molecule has 0 amide bonds. The first-order valence-electron chi connectivity index (χ1n) is 9.37. The average Bonchev–Trinajstić information content (AvgIpc) is 3.01. The number of imidazole rings is 1. The van der Waals surface area contributed by atoms with Gasteiger partial charge in [-0.15, -0.1) is 0 Å². The van der Waals surface area contributed by atoms with Crippen molar-refractivity contribution in [3.63, 3.8) is 0 Å². The molecule has 0 aliphatic heterocycles. The number of nitrogens with zero attached hydrogens (tertiary/aromatic N) is 4. The molecule has 0 aromatic carbocycles. The van der Waals surface area contributed by atoms with Gasteiger partial charge in [-0.25, -0.2) is 4.98 Å². The molecule has 2 heterocycles. The van der Waals surface area contributed by atoms with Crippen LogP contribution in [0.25, 0.3) is 11.2 Å². The number of hydrogen-bond acceptors (Lipinski definition) is 10. The summed E-state index contributed by atoms with van der Waals surface area (Å²) < 4.78 is 41.4. The fourth-order valence-electron chi connectivity index (χ4n) is 2.46. The Hall–Kier alpha value is -1.78. The van der Waals surface area contributed by atoms with Crippen molar-refractivity contribution < 1.29 is 27.8 Å². The molecule has 0 atom stereocenters. The van der Waals surface area contributed by atoms with E-state index in [1.807, 2.05) is 0 Å². The van der Waals surface area contributed by atoms with E-state index in [1.165, 1.54) is 0 Å². The Morgan fingerprint density at radius 1 is 1.10 bits per heavy atom. The topological polar surface area (TPSA) is 133 Å². The van der Waals surface area contributed by atoms with Gasteiger partial charge in [-0.2, -0.15) is 9.97 Å². The molecule has 0 fully saturated rings. The van der Waals surface area contributed by atoms with Crippen LogP contribution in [-0.2, 0) is 29.6 Å². The Bertz CT molecular complexity index is 814. The zero-order chi connectivity index (χ0) is 21.4. The van der Waals surface area contributed by atoms with E-state index in [-0.39, 0.29) is 37.0 Å². The third-order valence-corrected chi connectivity index (χ3v) is 5.44. The molecule has 0 aliphatic rings. The van der Waals surface area contributed by atoms with Gasteiger partial charge in [0.1, 0.15) is 13.0 Å². The number of ether oxygens (including phenoxy) is 3. The fraction of sp³-hybridized carbons (Fsp3) is 0.706. The van der Waals surface area contributed by atoms with Crippen molar-refractivity contribution in [3.05, 3.63) is 6.33 Å². The van der Waals surface area contributed by atoms with Crippen LogP contribution >= 0.6 is 7.60 Å². The number of fused-ring (bicyclic) bond motifs is 1. The Balaban J connectivity index is 2.00. The van der Waals surface area contributed by atoms with E-state index in [2.05, 4.69) is 15.0 Å². The van der Waals surface area contributed by atoms with Crippen molar-refractivity contribution in [3.8, 4) is 6.01 Å². The van der Waals surface area contributed by atoms with Crippen LogP contribution in [0.2, 0.25) is 0 Å². The van der Waals surface area contributed by atoms with Crippen LogP contribution in [0.3, 0.4) is 0 Å². The fourth-order valence-corrected chi connectivity index (χ4v) is 4.27. The SMILES string of the molecule is COCCOc1nc(N)c2ncn(CCOCP(=O)(OC(C)C)OC(C)C)c2n1. The second kappa shape index (κ2) is 10.8. The molecular weight excluding hydrogens is 401 g/mol. The first kappa shape index (κ1) is 23.5. The van der Waals surface area contributed by atoms with Crippen LogP contribution in [0.15, 0.2) is 6.33 Å². The lowest BCUT2D eigenvalue weighted by atomic mass is 10.5. The van der Waals surface area contributed by atoms with Gasteiger partial charge in [0.05, 0.1) is 31.7 Å². The molecule has 0 spiro atoms. The molecule has 0 saturated carbocycles. The molecule has 12 heteroatoms. The predicted molar refractivity (Wildman–Crippen MR) is 108 cm³/mol. The van der Waals surface area contributed by atoms with Gasteiger partial charge in [-0.3, -0.25) is 4.57 Å². The van der Waals surface area contributed by atoms with Gasteiger partial charge < -0.3 is 33.6 Å². The van der Waals surface area contributed by atoms with Crippen LogP contribution in [0, 0.1) is 0 Å². The zero-order valence-corrected chi connectivity index (χ0v) is 18.4. The molecule has 2 aromatic heterocycles. The van der Waals surface area contributed by atoms with Crippen LogP contribution in [0.5, 0.6) is 6.01 Å². The maximum atomic E-state index is 12.8. The van der Waals surface area contributed by atoms with Crippen LogP contribution in [0.1, 0.15) is 27.7 Å².